The molecule has 1 aliphatic carbocycles. The van der Waals surface area contributed by atoms with Gasteiger partial charge in [0.1, 0.15) is 5.82 Å². The van der Waals surface area contributed by atoms with Gasteiger partial charge in [-0.25, -0.2) is 18.5 Å². The fourth-order valence-electron chi connectivity index (χ4n) is 2.51. The first-order valence-electron chi connectivity index (χ1n) is 7.26. The van der Waals surface area contributed by atoms with Crippen LogP contribution in [0.1, 0.15) is 41.4 Å². The summed E-state index contributed by atoms with van der Waals surface area (Å²) < 4.78 is 23.0. The highest BCUT2D eigenvalue weighted by molar-refractivity contribution is 7.89. The van der Waals surface area contributed by atoms with Gasteiger partial charge in [0.2, 0.25) is 10.0 Å². The number of nitrogens with one attached hydrogen (secondary N) is 2. The summed E-state index contributed by atoms with van der Waals surface area (Å²) in [4.78, 5) is 7.89. The molecule has 1 heterocycles. The molecule has 0 aliphatic heterocycles. The van der Waals surface area contributed by atoms with Crippen LogP contribution in [0.4, 0.5) is 5.69 Å². The monoisotopic (exact) mass is 320 g/mol. The van der Waals surface area contributed by atoms with E-state index in [4.69, 9.17) is 5.14 Å². The number of anilines is 1. The molecule has 1 aliphatic rings. The topological polar surface area (TPSA) is 101 Å². The molecule has 0 spiro atoms. The van der Waals surface area contributed by atoms with Gasteiger partial charge in [0.15, 0.2) is 0 Å². The standard InChI is InChI=1S/C15H20N4O2S/c1-9-6-14(22(16,20)21)10(2)5-13(9)17-7-12-8-18-15(19-12)11-3-4-11/h5-6,8,11,17H,3-4,7H2,1-2H3,(H,18,19)(H2,16,20,21). The lowest BCUT2D eigenvalue weighted by Crippen LogP contribution is -2.14. The van der Waals surface area contributed by atoms with Crippen molar-refractivity contribution in [3.05, 3.63) is 41.0 Å². The van der Waals surface area contributed by atoms with Crippen molar-refractivity contribution in [3.8, 4) is 0 Å². The van der Waals surface area contributed by atoms with Crippen LogP contribution in [-0.2, 0) is 16.6 Å². The lowest BCUT2D eigenvalue weighted by atomic mass is 10.1. The molecule has 1 aromatic heterocycles. The van der Waals surface area contributed by atoms with Gasteiger partial charge in [0.25, 0.3) is 0 Å². The zero-order chi connectivity index (χ0) is 15.9. The van der Waals surface area contributed by atoms with Gasteiger partial charge >= 0.3 is 0 Å². The molecule has 118 valence electrons. The number of benzene rings is 1. The van der Waals surface area contributed by atoms with Crippen molar-refractivity contribution in [1.29, 1.82) is 0 Å². The smallest absolute Gasteiger partial charge is 0.238 e. The number of primary sulfonamides is 1. The Bertz CT molecular complexity index is 807. The van der Waals surface area contributed by atoms with Gasteiger partial charge in [0.05, 0.1) is 23.3 Å². The summed E-state index contributed by atoms with van der Waals surface area (Å²) in [6.07, 6.45) is 4.28. The van der Waals surface area contributed by atoms with Crippen molar-refractivity contribution < 1.29 is 8.42 Å². The normalized spacial score (nSPS) is 15.0. The van der Waals surface area contributed by atoms with Crippen LogP contribution in [0, 0.1) is 13.8 Å². The van der Waals surface area contributed by atoms with Gasteiger partial charge in [0, 0.05) is 11.6 Å². The fourth-order valence-corrected chi connectivity index (χ4v) is 3.36. The number of aromatic nitrogens is 2. The molecular formula is C15H20N4O2S. The number of nitrogens with zero attached hydrogens (tertiary/aromatic N) is 1. The Labute approximate surface area is 130 Å². The van der Waals surface area contributed by atoms with Crippen molar-refractivity contribution in [2.75, 3.05) is 5.32 Å². The lowest BCUT2D eigenvalue weighted by Gasteiger charge is -2.12. The molecule has 0 saturated heterocycles. The number of imidazole rings is 1. The van der Waals surface area contributed by atoms with Gasteiger partial charge in [-0.05, 0) is 49.9 Å². The Morgan fingerprint density at radius 3 is 2.68 bits per heavy atom. The number of hydrogen-bond donors (Lipinski definition) is 3. The molecule has 6 nitrogen and oxygen atoms in total. The third-order valence-corrected chi connectivity index (χ3v) is 4.96. The summed E-state index contributed by atoms with van der Waals surface area (Å²) in [5.74, 6) is 1.67. The van der Waals surface area contributed by atoms with Crippen LogP contribution in [0.25, 0.3) is 0 Å². The molecule has 3 rings (SSSR count). The Hall–Kier alpha value is -1.86. The average molecular weight is 320 g/mol. The number of sulfonamides is 1. The first-order chi connectivity index (χ1) is 10.3. The maximum Gasteiger partial charge on any atom is 0.238 e. The summed E-state index contributed by atoms with van der Waals surface area (Å²) in [6.45, 7) is 4.22. The molecule has 0 atom stereocenters. The van der Waals surface area contributed by atoms with E-state index >= 15 is 0 Å². The van der Waals surface area contributed by atoms with E-state index in [0.717, 1.165) is 22.8 Å². The Kier molecular flexibility index (Phi) is 3.70. The highest BCUT2D eigenvalue weighted by atomic mass is 32.2. The molecule has 0 amide bonds. The lowest BCUT2D eigenvalue weighted by molar-refractivity contribution is 0.597. The minimum Gasteiger partial charge on any atom is -0.379 e. The Morgan fingerprint density at radius 1 is 1.32 bits per heavy atom. The molecule has 7 heteroatoms. The second-order valence-electron chi connectivity index (χ2n) is 5.90. The van der Waals surface area contributed by atoms with Crippen LogP contribution < -0.4 is 10.5 Å². The first kappa shape index (κ1) is 15.1. The third-order valence-electron chi connectivity index (χ3n) is 3.91. The van der Waals surface area contributed by atoms with Crippen LogP contribution >= 0.6 is 0 Å². The second kappa shape index (κ2) is 5.40. The average Bonchev–Trinajstić information content (AvgIpc) is 3.17. The molecule has 1 saturated carbocycles. The molecule has 1 fully saturated rings. The molecule has 4 N–H and O–H groups in total. The van der Waals surface area contributed by atoms with Gasteiger partial charge < -0.3 is 10.3 Å². The maximum atomic E-state index is 11.5. The second-order valence-corrected chi connectivity index (χ2v) is 7.43. The van der Waals surface area contributed by atoms with E-state index in [0.29, 0.717) is 18.0 Å². The zero-order valence-corrected chi connectivity index (χ0v) is 13.5. The van der Waals surface area contributed by atoms with Crippen molar-refractivity contribution in [1.82, 2.24) is 9.97 Å². The van der Waals surface area contributed by atoms with Crippen LogP contribution in [0.3, 0.4) is 0 Å². The number of nitrogens with two attached hydrogens (primary N) is 1. The minimum absolute atomic E-state index is 0.174. The van der Waals surface area contributed by atoms with E-state index in [1.54, 1.807) is 13.0 Å². The quantitative estimate of drug-likeness (QED) is 0.786. The number of hydrogen-bond acceptors (Lipinski definition) is 4. The summed E-state index contributed by atoms with van der Waals surface area (Å²) in [5.41, 5.74) is 3.40. The molecule has 2 aromatic rings. The van der Waals surface area contributed by atoms with E-state index in [9.17, 15) is 8.42 Å². The number of aryl methyl sites for hydroxylation is 2. The largest absolute Gasteiger partial charge is 0.379 e. The minimum atomic E-state index is -3.68. The van der Waals surface area contributed by atoms with Crippen LogP contribution in [-0.4, -0.2) is 18.4 Å². The number of rotatable bonds is 5. The predicted molar refractivity (Wildman–Crippen MR) is 85.2 cm³/mol. The molecular weight excluding hydrogens is 300 g/mol. The van der Waals surface area contributed by atoms with Gasteiger partial charge in [-0.2, -0.15) is 0 Å². The number of H-pyrrole nitrogens is 1. The predicted octanol–water partition coefficient (Wildman–Crippen LogP) is 2.16. The van der Waals surface area contributed by atoms with Crippen molar-refractivity contribution in [2.24, 2.45) is 5.14 Å². The Balaban J connectivity index is 1.75. The summed E-state index contributed by atoms with van der Waals surface area (Å²) in [7, 11) is -3.68. The molecule has 1 aromatic carbocycles. The van der Waals surface area contributed by atoms with E-state index in [2.05, 4.69) is 15.3 Å². The Morgan fingerprint density at radius 2 is 2.05 bits per heavy atom. The highest BCUT2D eigenvalue weighted by Crippen LogP contribution is 2.38. The fraction of sp³-hybridized carbons (Fsp3) is 0.400. The van der Waals surface area contributed by atoms with Crippen molar-refractivity contribution in [2.45, 2.75) is 44.0 Å². The summed E-state index contributed by atoms with van der Waals surface area (Å²) >= 11 is 0. The highest BCUT2D eigenvalue weighted by Gasteiger charge is 2.26. The molecule has 0 radical (unpaired) electrons. The summed E-state index contributed by atoms with van der Waals surface area (Å²) in [5, 5.41) is 8.53. The van der Waals surface area contributed by atoms with Crippen LogP contribution in [0.2, 0.25) is 0 Å². The molecule has 0 unspecified atom stereocenters. The molecule has 0 bridgehead atoms. The SMILES string of the molecule is Cc1cc(S(N)(=O)=O)c(C)cc1NCc1cnc(C2CC2)[nH]1. The maximum absolute atomic E-state index is 11.5. The van der Waals surface area contributed by atoms with Crippen LogP contribution in [0.5, 0.6) is 0 Å². The number of aromatic amines is 1. The van der Waals surface area contributed by atoms with Gasteiger partial charge in [-0.15, -0.1) is 0 Å². The van der Waals surface area contributed by atoms with E-state index in [1.807, 2.05) is 19.2 Å². The van der Waals surface area contributed by atoms with E-state index < -0.39 is 10.0 Å². The first-order valence-corrected chi connectivity index (χ1v) is 8.81. The van der Waals surface area contributed by atoms with Crippen LogP contribution in [0.15, 0.2) is 23.2 Å². The third kappa shape index (κ3) is 3.15. The van der Waals surface area contributed by atoms with E-state index in [-0.39, 0.29) is 4.90 Å². The summed E-state index contributed by atoms with van der Waals surface area (Å²) in [6, 6.07) is 3.42. The van der Waals surface area contributed by atoms with Crippen molar-refractivity contribution >= 4 is 15.7 Å². The van der Waals surface area contributed by atoms with E-state index in [1.165, 1.54) is 12.8 Å². The van der Waals surface area contributed by atoms with Crippen molar-refractivity contribution in [3.63, 3.8) is 0 Å². The zero-order valence-electron chi connectivity index (χ0n) is 12.7. The van der Waals surface area contributed by atoms with Gasteiger partial charge in [-0.1, -0.05) is 0 Å². The van der Waals surface area contributed by atoms with Gasteiger partial charge in [-0.3, -0.25) is 0 Å². The molecule has 22 heavy (non-hydrogen) atoms.